The van der Waals surface area contributed by atoms with Crippen molar-refractivity contribution in [2.75, 3.05) is 24.3 Å². The Balaban J connectivity index is 2.29. The molecular weight excluding hydrogens is 304 g/mol. The lowest BCUT2D eigenvalue weighted by Crippen LogP contribution is -2.28. The van der Waals surface area contributed by atoms with Crippen molar-refractivity contribution in [1.82, 2.24) is 0 Å². The topological polar surface area (TPSA) is 89.7 Å². The Hall–Kier alpha value is -1.31. The van der Waals surface area contributed by atoms with Crippen molar-refractivity contribution in [3.63, 3.8) is 0 Å². The first kappa shape index (κ1) is 15.1. The fourth-order valence-electron chi connectivity index (χ4n) is 2.36. The Morgan fingerprint density at radius 2 is 2.20 bits per heavy atom. The molecule has 20 heavy (non-hydrogen) atoms. The van der Waals surface area contributed by atoms with Crippen molar-refractivity contribution in [3.05, 3.63) is 23.2 Å². The number of methoxy groups -OCH3 is 1. The van der Waals surface area contributed by atoms with Gasteiger partial charge in [-0.1, -0.05) is 17.7 Å². The smallest absolute Gasteiger partial charge is 0.227 e. The second-order valence-electron chi connectivity index (χ2n) is 4.69. The standard InChI is InChI=1S/C12H15ClN2O4S/c1-19-10-4-2-3-9(13)12(10)15-6-8(5-11(15)16)7-20(14,17)18/h2-4,8H,5-7H2,1H3,(H2,14,17,18). The fourth-order valence-corrected chi connectivity index (χ4v) is 3.51. The highest BCUT2D eigenvalue weighted by Crippen LogP contribution is 2.38. The number of halogens is 1. The van der Waals surface area contributed by atoms with Crippen molar-refractivity contribution >= 4 is 33.2 Å². The Kier molecular flexibility index (Phi) is 4.22. The van der Waals surface area contributed by atoms with Crippen LogP contribution in [0.25, 0.3) is 0 Å². The molecule has 2 N–H and O–H groups in total. The molecule has 1 aromatic rings. The summed E-state index contributed by atoms with van der Waals surface area (Å²) in [7, 11) is -2.12. The molecular formula is C12H15ClN2O4S. The molecule has 1 aromatic carbocycles. The maximum Gasteiger partial charge on any atom is 0.227 e. The summed E-state index contributed by atoms with van der Waals surface area (Å²) in [5, 5.41) is 5.41. The van der Waals surface area contributed by atoms with Gasteiger partial charge in [-0.2, -0.15) is 0 Å². The van der Waals surface area contributed by atoms with Crippen LogP contribution in [0.2, 0.25) is 5.02 Å². The van der Waals surface area contributed by atoms with E-state index in [1.165, 1.54) is 12.0 Å². The third kappa shape index (κ3) is 3.23. The van der Waals surface area contributed by atoms with E-state index in [4.69, 9.17) is 21.5 Å². The number of carbonyl (C=O) groups is 1. The minimum Gasteiger partial charge on any atom is -0.495 e. The van der Waals surface area contributed by atoms with Gasteiger partial charge in [-0.3, -0.25) is 4.79 Å². The minimum absolute atomic E-state index is 0.130. The Morgan fingerprint density at radius 1 is 1.50 bits per heavy atom. The van der Waals surface area contributed by atoms with Gasteiger partial charge in [0.2, 0.25) is 15.9 Å². The molecule has 0 spiro atoms. The number of hydrogen-bond acceptors (Lipinski definition) is 4. The van der Waals surface area contributed by atoms with Gasteiger partial charge in [0.05, 0.1) is 17.9 Å². The monoisotopic (exact) mass is 318 g/mol. The molecule has 1 fully saturated rings. The predicted molar refractivity (Wildman–Crippen MR) is 76.4 cm³/mol. The first-order valence-electron chi connectivity index (χ1n) is 5.95. The van der Waals surface area contributed by atoms with Gasteiger partial charge in [0.25, 0.3) is 0 Å². The maximum atomic E-state index is 12.1. The number of rotatable bonds is 4. The van der Waals surface area contributed by atoms with E-state index in [2.05, 4.69) is 0 Å². The number of nitrogens with two attached hydrogens (primary N) is 1. The van der Waals surface area contributed by atoms with Crippen LogP contribution in [0.4, 0.5) is 5.69 Å². The molecule has 2 rings (SSSR count). The summed E-state index contributed by atoms with van der Waals surface area (Å²) in [5.41, 5.74) is 0.471. The second kappa shape index (κ2) is 5.59. The Labute approximate surface area is 122 Å². The van der Waals surface area contributed by atoms with Crippen LogP contribution in [0, 0.1) is 5.92 Å². The van der Waals surface area contributed by atoms with Gasteiger partial charge in [-0.05, 0) is 12.1 Å². The van der Waals surface area contributed by atoms with Crippen LogP contribution in [-0.2, 0) is 14.8 Å². The van der Waals surface area contributed by atoms with E-state index in [0.717, 1.165) is 0 Å². The molecule has 0 aromatic heterocycles. The molecule has 0 aliphatic carbocycles. The lowest BCUT2D eigenvalue weighted by Gasteiger charge is -2.20. The van der Waals surface area contributed by atoms with Crippen LogP contribution in [-0.4, -0.2) is 33.7 Å². The van der Waals surface area contributed by atoms with Crippen LogP contribution in [0.1, 0.15) is 6.42 Å². The molecule has 0 bridgehead atoms. The lowest BCUT2D eigenvalue weighted by molar-refractivity contribution is -0.117. The van der Waals surface area contributed by atoms with Crippen molar-refractivity contribution in [1.29, 1.82) is 0 Å². The molecule has 0 saturated carbocycles. The maximum absolute atomic E-state index is 12.1. The SMILES string of the molecule is COc1cccc(Cl)c1N1CC(CS(N)(=O)=O)CC1=O. The van der Waals surface area contributed by atoms with Gasteiger partial charge in [0.1, 0.15) is 11.4 Å². The number of carbonyl (C=O) groups excluding carboxylic acids is 1. The molecule has 1 atom stereocenters. The van der Waals surface area contributed by atoms with Crippen LogP contribution in [0.15, 0.2) is 18.2 Å². The molecule has 1 saturated heterocycles. The van der Waals surface area contributed by atoms with Crippen LogP contribution < -0.4 is 14.8 Å². The molecule has 8 heteroatoms. The minimum atomic E-state index is -3.61. The van der Waals surface area contributed by atoms with Crippen molar-refractivity contribution in [3.8, 4) is 5.75 Å². The number of primary sulfonamides is 1. The highest BCUT2D eigenvalue weighted by atomic mass is 35.5. The third-order valence-electron chi connectivity index (χ3n) is 3.11. The van der Waals surface area contributed by atoms with E-state index in [1.807, 2.05) is 0 Å². The Bertz CT molecular complexity index is 632. The molecule has 1 aliphatic heterocycles. The normalized spacial score (nSPS) is 19.4. The number of amides is 1. The van der Waals surface area contributed by atoms with Crippen LogP contribution >= 0.6 is 11.6 Å². The molecule has 1 aliphatic rings. The summed E-state index contributed by atoms with van der Waals surface area (Å²) >= 11 is 6.12. The van der Waals surface area contributed by atoms with Crippen molar-refractivity contribution < 1.29 is 17.9 Å². The fraction of sp³-hybridized carbons (Fsp3) is 0.417. The van der Waals surface area contributed by atoms with Crippen molar-refractivity contribution in [2.24, 2.45) is 11.1 Å². The molecule has 0 radical (unpaired) electrons. The number of hydrogen-bond donors (Lipinski definition) is 1. The third-order valence-corrected chi connectivity index (χ3v) is 4.35. The zero-order valence-electron chi connectivity index (χ0n) is 10.9. The van der Waals surface area contributed by atoms with Gasteiger partial charge in [-0.25, -0.2) is 13.6 Å². The van der Waals surface area contributed by atoms with Gasteiger partial charge < -0.3 is 9.64 Å². The molecule has 1 unspecified atom stereocenters. The Morgan fingerprint density at radius 3 is 2.80 bits per heavy atom. The van der Waals surface area contributed by atoms with E-state index in [9.17, 15) is 13.2 Å². The van der Waals surface area contributed by atoms with E-state index in [-0.39, 0.29) is 30.5 Å². The van der Waals surface area contributed by atoms with E-state index in [1.54, 1.807) is 18.2 Å². The number of anilines is 1. The molecule has 6 nitrogen and oxygen atoms in total. The van der Waals surface area contributed by atoms with Gasteiger partial charge in [-0.15, -0.1) is 0 Å². The highest BCUT2D eigenvalue weighted by molar-refractivity contribution is 7.89. The van der Waals surface area contributed by atoms with E-state index < -0.39 is 10.0 Å². The van der Waals surface area contributed by atoms with E-state index in [0.29, 0.717) is 16.5 Å². The average molecular weight is 319 g/mol. The van der Waals surface area contributed by atoms with Gasteiger partial charge in [0.15, 0.2) is 0 Å². The number of sulfonamides is 1. The molecule has 1 heterocycles. The van der Waals surface area contributed by atoms with Crippen molar-refractivity contribution in [2.45, 2.75) is 6.42 Å². The summed E-state index contributed by atoms with van der Waals surface area (Å²) in [5.74, 6) is -0.271. The summed E-state index contributed by atoms with van der Waals surface area (Å²) < 4.78 is 27.5. The van der Waals surface area contributed by atoms with Gasteiger partial charge in [0, 0.05) is 18.9 Å². The highest BCUT2D eigenvalue weighted by Gasteiger charge is 2.35. The quantitative estimate of drug-likeness (QED) is 0.896. The molecule has 1 amide bonds. The summed E-state index contributed by atoms with van der Waals surface area (Å²) in [6, 6.07) is 5.06. The average Bonchev–Trinajstić information content (AvgIpc) is 2.67. The second-order valence-corrected chi connectivity index (χ2v) is 6.76. The van der Waals surface area contributed by atoms with Crippen LogP contribution in [0.3, 0.4) is 0 Å². The molecule has 110 valence electrons. The largest absolute Gasteiger partial charge is 0.495 e. The zero-order chi connectivity index (χ0) is 14.9. The van der Waals surface area contributed by atoms with Gasteiger partial charge >= 0.3 is 0 Å². The predicted octanol–water partition coefficient (Wildman–Crippen LogP) is 0.990. The first-order valence-corrected chi connectivity index (χ1v) is 8.04. The summed E-state index contributed by atoms with van der Waals surface area (Å²) in [6.45, 7) is 0.259. The van der Waals surface area contributed by atoms with E-state index >= 15 is 0 Å². The summed E-state index contributed by atoms with van der Waals surface area (Å²) in [6.07, 6.45) is 0.130. The number of ether oxygens (including phenoxy) is 1. The van der Waals surface area contributed by atoms with Crippen LogP contribution in [0.5, 0.6) is 5.75 Å². The number of para-hydroxylation sites is 1. The number of benzene rings is 1. The number of nitrogens with zero attached hydrogens (tertiary/aromatic N) is 1. The zero-order valence-corrected chi connectivity index (χ0v) is 12.4. The lowest BCUT2D eigenvalue weighted by atomic mass is 10.1. The summed E-state index contributed by atoms with van der Waals surface area (Å²) in [4.78, 5) is 13.5. The first-order chi connectivity index (χ1) is 9.31.